The van der Waals surface area contributed by atoms with Crippen molar-refractivity contribution in [1.82, 2.24) is 0 Å². The Labute approximate surface area is 104 Å². The molecule has 0 amide bonds. The van der Waals surface area contributed by atoms with Gasteiger partial charge in [-0.05, 0) is 11.8 Å². The first kappa shape index (κ1) is 16.0. The van der Waals surface area contributed by atoms with Crippen molar-refractivity contribution < 1.29 is 0 Å². The molecule has 0 saturated heterocycles. The maximum Gasteiger partial charge on any atom is -0.0414 e. The van der Waals surface area contributed by atoms with Crippen LogP contribution in [0.1, 0.15) is 85.0 Å². The monoisotopic (exact) mass is 225 g/mol. The fourth-order valence-electron chi connectivity index (χ4n) is 2.46. The van der Waals surface area contributed by atoms with Crippen molar-refractivity contribution in [3.05, 3.63) is 6.92 Å². The van der Waals surface area contributed by atoms with Crippen LogP contribution in [0.25, 0.3) is 0 Å². The van der Waals surface area contributed by atoms with Crippen LogP contribution in [0.3, 0.4) is 0 Å². The van der Waals surface area contributed by atoms with Crippen molar-refractivity contribution in [2.24, 2.45) is 11.8 Å². The zero-order valence-corrected chi connectivity index (χ0v) is 11.9. The van der Waals surface area contributed by atoms with E-state index in [0.717, 1.165) is 5.92 Å². The Hall–Kier alpha value is 0. The minimum atomic E-state index is 0.709. The number of hydrogen-bond donors (Lipinski definition) is 0. The fourth-order valence-corrected chi connectivity index (χ4v) is 2.46. The Bertz CT molecular complexity index is 128. The summed E-state index contributed by atoms with van der Waals surface area (Å²) in [6, 6.07) is 0. The second-order valence-electron chi connectivity index (χ2n) is 5.36. The average Bonchev–Trinajstić information content (AvgIpc) is 2.28. The summed E-state index contributed by atoms with van der Waals surface area (Å²) in [5.74, 6) is 1.70. The first-order valence-corrected chi connectivity index (χ1v) is 7.57. The Morgan fingerprint density at radius 3 is 1.94 bits per heavy atom. The van der Waals surface area contributed by atoms with Crippen LogP contribution in [-0.2, 0) is 0 Å². The van der Waals surface area contributed by atoms with Gasteiger partial charge in [0.05, 0.1) is 0 Å². The van der Waals surface area contributed by atoms with Crippen molar-refractivity contribution >= 4 is 0 Å². The van der Waals surface area contributed by atoms with Gasteiger partial charge in [-0.1, -0.05) is 91.9 Å². The zero-order valence-electron chi connectivity index (χ0n) is 11.9. The van der Waals surface area contributed by atoms with Gasteiger partial charge in [-0.15, -0.1) is 0 Å². The van der Waals surface area contributed by atoms with E-state index in [2.05, 4.69) is 27.7 Å². The summed E-state index contributed by atoms with van der Waals surface area (Å²) < 4.78 is 0. The lowest BCUT2D eigenvalue weighted by Crippen LogP contribution is -2.00. The highest BCUT2D eigenvalue weighted by Crippen LogP contribution is 2.21. The van der Waals surface area contributed by atoms with Crippen molar-refractivity contribution in [2.45, 2.75) is 85.0 Å². The van der Waals surface area contributed by atoms with E-state index < -0.39 is 0 Å². The summed E-state index contributed by atoms with van der Waals surface area (Å²) in [4.78, 5) is 0. The molecule has 0 aliphatic rings. The van der Waals surface area contributed by atoms with E-state index in [9.17, 15) is 0 Å². The van der Waals surface area contributed by atoms with E-state index in [4.69, 9.17) is 0 Å². The topological polar surface area (TPSA) is 0 Å². The molecule has 0 aliphatic carbocycles. The van der Waals surface area contributed by atoms with E-state index in [1.807, 2.05) is 0 Å². The molecule has 0 heteroatoms. The van der Waals surface area contributed by atoms with Gasteiger partial charge < -0.3 is 0 Å². The standard InChI is InChI=1S/C16H33/c1-5-8-13-16(7-3)14-10-9-12-15(4)11-6-2/h15-16H,4-14H2,1-3H3. The van der Waals surface area contributed by atoms with Crippen LogP contribution in [0.2, 0.25) is 0 Å². The lowest BCUT2D eigenvalue weighted by Gasteiger charge is -2.15. The van der Waals surface area contributed by atoms with Crippen LogP contribution in [0.4, 0.5) is 0 Å². The van der Waals surface area contributed by atoms with Gasteiger partial charge in [0.2, 0.25) is 0 Å². The van der Waals surface area contributed by atoms with Gasteiger partial charge in [-0.2, -0.15) is 0 Å². The molecule has 97 valence electrons. The van der Waals surface area contributed by atoms with Crippen LogP contribution in [0, 0.1) is 18.8 Å². The van der Waals surface area contributed by atoms with E-state index in [-0.39, 0.29) is 0 Å². The molecule has 0 aromatic rings. The van der Waals surface area contributed by atoms with Crippen LogP contribution in [0.15, 0.2) is 0 Å². The summed E-state index contributed by atoms with van der Waals surface area (Å²) in [5.41, 5.74) is 0. The predicted octanol–water partition coefficient (Wildman–Crippen LogP) is 6.01. The van der Waals surface area contributed by atoms with E-state index in [1.54, 1.807) is 0 Å². The summed E-state index contributed by atoms with van der Waals surface area (Å²) >= 11 is 0. The minimum Gasteiger partial charge on any atom is -0.0654 e. The molecule has 0 spiro atoms. The molecule has 0 rings (SSSR count). The first-order chi connectivity index (χ1) is 7.74. The van der Waals surface area contributed by atoms with E-state index in [0.29, 0.717) is 5.92 Å². The van der Waals surface area contributed by atoms with E-state index in [1.165, 1.54) is 64.2 Å². The Balaban J connectivity index is 3.39. The van der Waals surface area contributed by atoms with Crippen molar-refractivity contribution in [3.8, 4) is 0 Å². The van der Waals surface area contributed by atoms with Gasteiger partial charge in [0.15, 0.2) is 0 Å². The average molecular weight is 225 g/mol. The molecule has 0 aromatic carbocycles. The van der Waals surface area contributed by atoms with Gasteiger partial charge >= 0.3 is 0 Å². The molecule has 0 aliphatic heterocycles. The molecule has 0 N–H and O–H groups in total. The van der Waals surface area contributed by atoms with Crippen LogP contribution < -0.4 is 0 Å². The van der Waals surface area contributed by atoms with Gasteiger partial charge in [-0.3, -0.25) is 0 Å². The predicted molar refractivity (Wildman–Crippen MR) is 75.5 cm³/mol. The van der Waals surface area contributed by atoms with Gasteiger partial charge in [0.25, 0.3) is 0 Å². The summed E-state index contributed by atoms with van der Waals surface area (Å²) in [6.45, 7) is 11.1. The molecule has 0 fully saturated rings. The highest BCUT2D eigenvalue weighted by Gasteiger charge is 2.06. The molecule has 2 unspecified atom stereocenters. The largest absolute Gasteiger partial charge is 0.0654 e. The van der Waals surface area contributed by atoms with E-state index >= 15 is 0 Å². The second-order valence-corrected chi connectivity index (χ2v) is 5.36. The number of unbranched alkanes of at least 4 members (excludes halogenated alkanes) is 2. The van der Waals surface area contributed by atoms with Crippen LogP contribution >= 0.6 is 0 Å². The second kappa shape index (κ2) is 11.5. The molecular weight excluding hydrogens is 192 g/mol. The van der Waals surface area contributed by atoms with Crippen molar-refractivity contribution in [2.75, 3.05) is 0 Å². The molecule has 0 bridgehead atoms. The highest BCUT2D eigenvalue weighted by molar-refractivity contribution is 4.62. The molecule has 1 radical (unpaired) electrons. The molecule has 0 nitrogen and oxygen atoms in total. The summed E-state index contributed by atoms with van der Waals surface area (Å²) in [7, 11) is 0. The smallest absolute Gasteiger partial charge is 0.0414 e. The highest BCUT2D eigenvalue weighted by atomic mass is 14.1. The van der Waals surface area contributed by atoms with Gasteiger partial charge in [-0.25, -0.2) is 0 Å². The molecule has 16 heavy (non-hydrogen) atoms. The Morgan fingerprint density at radius 1 is 0.750 bits per heavy atom. The lowest BCUT2D eigenvalue weighted by atomic mass is 9.91. The van der Waals surface area contributed by atoms with Crippen LogP contribution in [-0.4, -0.2) is 0 Å². The Kier molecular flexibility index (Phi) is 11.5. The maximum atomic E-state index is 4.21. The normalized spacial score (nSPS) is 15.0. The quantitative estimate of drug-likeness (QED) is 0.377. The minimum absolute atomic E-state index is 0.709. The summed E-state index contributed by atoms with van der Waals surface area (Å²) in [6.07, 6.45) is 13.8. The molecule has 2 atom stereocenters. The SMILES string of the molecule is [CH2]C(CCC)CCCCC(CC)CCCC. The van der Waals surface area contributed by atoms with Crippen molar-refractivity contribution in [3.63, 3.8) is 0 Å². The third-order valence-electron chi connectivity index (χ3n) is 3.71. The fraction of sp³-hybridized carbons (Fsp3) is 0.938. The van der Waals surface area contributed by atoms with Crippen LogP contribution in [0.5, 0.6) is 0 Å². The molecule has 0 heterocycles. The third kappa shape index (κ3) is 9.24. The van der Waals surface area contributed by atoms with Crippen molar-refractivity contribution in [1.29, 1.82) is 0 Å². The molecule has 0 aromatic heterocycles. The lowest BCUT2D eigenvalue weighted by molar-refractivity contribution is 0.391. The molecule has 0 saturated carbocycles. The Morgan fingerprint density at radius 2 is 1.38 bits per heavy atom. The van der Waals surface area contributed by atoms with Gasteiger partial charge in [0.1, 0.15) is 0 Å². The third-order valence-corrected chi connectivity index (χ3v) is 3.71. The number of hydrogen-bond acceptors (Lipinski definition) is 0. The maximum absolute atomic E-state index is 4.21. The number of rotatable bonds is 11. The first-order valence-electron chi connectivity index (χ1n) is 7.57. The zero-order chi connectivity index (χ0) is 12.2. The molecular formula is C16H33. The summed E-state index contributed by atoms with van der Waals surface area (Å²) in [5, 5.41) is 0. The van der Waals surface area contributed by atoms with Gasteiger partial charge in [0, 0.05) is 0 Å².